The Labute approximate surface area is 131 Å². The van der Waals surface area contributed by atoms with Crippen LogP contribution in [0.15, 0.2) is 24.3 Å². The normalized spacial score (nSPS) is 26.8. The first-order valence-electron chi connectivity index (χ1n) is 8.35. The summed E-state index contributed by atoms with van der Waals surface area (Å²) in [5.41, 5.74) is 0.976. The first-order chi connectivity index (χ1) is 10.5. The molecule has 0 spiro atoms. The predicted octanol–water partition coefficient (Wildman–Crippen LogP) is 3.12. The third kappa shape index (κ3) is 3.49. The number of nitrogens with zero attached hydrogens (tertiary/aromatic N) is 1. The molecular formula is C18H25FN2O. The van der Waals surface area contributed by atoms with Crippen molar-refractivity contribution in [1.29, 1.82) is 0 Å². The lowest BCUT2D eigenvalue weighted by Gasteiger charge is -2.39. The number of rotatable bonds is 4. The van der Waals surface area contributed by atoms with Crippen molar-refractivity contribution >= 4 is 5.91 Å². The summed E-state index contributed by atoms with van der Waals surface area (Å²) < 4.78 is 13.3. The van der Waals surface area contributed by atoms with Crippen LogP contribution in [0.3, 0.4) is 0 Å². The molecule has 120 valence electrons. The number of hydrogen-bond donors (Lipinski definition) is 1. The van der Waals surface area contributed by atoms with E-state index in [9.17, 15) is 9.18 Å². The molecule has 1 aromatic rings. The largest absolute Gasteiger partial charge is 0.342 e. The van der Waals surface area contributed by atoms with Crippen molar-refractivity contribution in [3.8, 4) is 0 Å². The van der Waals surface area contributed by atoms with Gasteiger partial charge in [0.2, 0.25) is 5.91 Å². The zero-order valence-corrected chi connectivity index (χ0v) is 13.4. The topological polar surface area (TPSA) is 32.3 Å². The highest BCUT2D eigenvalue weighted by Crippen LogP contribution is 2.32. The minimum absolute atomic E-state index is 0.119. The average molecular weight is 304 g/mol. The monoisotopic (exact) mass is 304 g/mol. The molecule has 1 heterocycles. The second kappa shape index (κ2) is 6.37. The van der Waals surface area contributed by atoms with Gasteiger partial charge >= 0.3 is 0 Å². The second-order valence-electron chi connectivity index (χ2n) is 6.87. The first-order valence-corrected chi connectivity index (χ1v) is 8.35. The smallest absolute Gasteiger partial charge is 0.225 e. The molecular weight excluding hydrogens is 279 g/mol. The number of amides is 1. The van der Waals surface area contributed by atoms with E-state index in [-0.39, 0.29) is 11.9 Å². The van der Waals surface area contributed by atoms with Crippen LogP contribution in [0.4, 0.5) is 4.39 Å². The zero-order chi connectivity index (χ0) is 15.7. The van der Waals surface area contributed by atoms with Crippen LogP contribution in [0, 0.1) is 17.7 Å². The van der Waals surface area contributed by atoms with Crippen molar-refractivity contribution in [2.24, 2.45) is 11.8 Å². The molecule has 0 radical (unpaired) electrons. The van der Waals surface area contributed by atoms with E-state index in [2.05, 4.69) is 19.2 Å². The summed E-state index contributed by atoms with van der Waals surface area (Å²) >= 11 is 0. The minimum Gasteiger partial charge on any atom is -0.342 e. The van der Waals surface area contributed by atoms with Crippen LogP contribution in [-0.4, -0.2) is 29.9 Å². The Morgan fingerprint density at radius 1 is 1.36 bits per heavy atom. The van der Waals surface area contributed by atoms with E-state index in [0.717, 1.165) is 37.9 Å². The van der Waals surface area contributed by atoms with Crippen molar-refractivity contribution in [1.82, 2.24) is 10.2 Å². The van der Waals surface area contributed by atoms with Gasteiger partial charge < -0.3 is 10.2 Å². The van der Waals surface area contributed by atoms with E-state index in [4.69, 9.17) is 0 Å². The van der Waals surface area contributed by atoms with Gasteiger partial charge in [-0.3, -0.25) is 4.79 Å². The van der Waals surface area contributed by atoms with Crippen LogP contribution < -0.4 is 5.32 Å². The minimum atomic E-state index is -0.191. The highest BCUT2D eigenvalue weighted by molar-refractivity contribution is 5.81. The molecule has 0 bridgehead atoms. The van der Waals surface area contributed by atoms with E-state index in [0.29, 0.717) is 23.8 Å². The molecule has 4 heteroatoms. The highest BCUT2D eigenvalue weighted by atomic mass is 19.1. The van der Waals surface area contributed by atoms with Crippen LogP contribution in [0.1, 0.15) is 44.7 Å². The first kappa shape index (κ1) is 15.5. The van der Waals surface area contributed by atoms with Crippen LogP contribution in [0.25, 0.3) is 0 Å². The second-order valence-corrected chi connectivity index (χ2v) is 6.87. The molecule has 3 atom stereocenters. The Kier molecular flexibility index (Phi) is 4.48. The summed E-state index contributed by atoms with van der Waals surface area (Å²) in [6.45, 7) is 5.95. The molecule has 1 aromatic carbocycles. The molecule has 0 aromatic heterocycles. The summed E-state index contributed by atoms with van der Waals surface area (Å²) in [6, 6.07) is 7.27. The number of carbonyl (C=O) groups is 1. The predicted molar refractivity (Wildman–Crippen MR) is 84.8 cm³/mol. The summed E-state index contributed by atoms with van der Waals surface area (Å²) in [6.07, 6.45) is 3.11. The van der Waals surface area contributed by atoms with E-state index in [1.807, 2.05) is 11.0 Å². The van der Waals surface area contributed by atoms with Gasteiger partial charge in [-0.15, -0.1) is 0 Å². The molecule has 1 saturated carbocycles. The van der Waals surface area contributed by atoms with Crippen LogP contribution in [-0.2, 0) is 4.79 Å². The van der Waals surface area contributed by atoms with Gasteiger partial charge in [0, 0.05) is 31.1 Å². The lowest BCUT2D eigenvalue weighted by molar-refractivity contribution is -0.134. The molecule has 1 N–H and O–H groups in total. The maximum Gasteiger partial charge on any atom is 0.225 e. The summed E-state index contributed by atoms with van der Waals surface area (Å²) in [4.78, 5) is 14.2. The van der Waals surface area contributed by atoms with E-state index in [1.54, 1.807) is 12.1 Å². The number of halogens is 1. The van der Waals surface area contributed by atoms with Gasteiger partial charge in [-0.1, -0.05) is 19.1 Å². The number of piperidine rings is 1. The number of carbonyl (C=O) groups excluding carboxylic acids is 1. The fourth-order valence-electron chi connectivity index (χ4n) is 3.38. The van der Waals surface area contributed by atoms with Gasteiger partial charge in [0.05, 0.1) is 0 Å². The number of benzene rings is 1. The lowest BCUT2D eigenvalue weighted by Crippen LogP contribution is -2.50. The highest BCUT2D eigenvalue weighted by Gasteiger charge is 2.37. The van der Waals surface area contributed by atoms with Crippen LogP contribution in [0.5, 0.6) is 0 Å². The third-order valence-electron chi connectivity index (χ3n) is 4.96. The molecule has 1 saturated heterocycles. The Morgan fingerprint density at radius 2 is 2.14 bits per heavy atom. The number of nitrogens with one attached hydrogen (secondary N) is 1. The van der Waals surface area contributed by atoms with Gasteiger partial charge in [0.25, 0.3) is 0 Å². The molecule has 3 rings (SSSR count). The average Bonchev–Trinajstić information content (AvgIpc) is 3.33. The molecule has 3 nitrogen and oxygen atoms in total. The maximum atomic E-state index is 13.3. The van der Waals surface area contributed by atoms with E-state index in [1.165, 1.54) is 6.07 Å². The fourth-order valence-corrected chi connectivity index (χ4v) is 3.38. The summed E-state index contributed by atoms with van der Waals surface area (Å²) in [5, 5.41) is 3.61. The molecule has 2 fully saturated rings. The van der Waals surface area contributed by atoms with Crippen LogP contribution >= 0.6 is 0 Å². The van der Waals surface area contributed by atoms with Gasteiger partial charge in [-0.2, -0.15) is 0 Å². The van der Waals surface area contributed by atoms with Gasteiger partial charge in [0.1, 0.15) is 5.82 Å². The molecule has 3 unspecified atom stereocenters. The zero-order valence-electron chi connectivity index (χ0n) is 13.4. The summed E-state index contributed by atoms with van der Waals surface area (Å²) in [5.74, 6) is 0.892. The van der Waals surface area contributed by atoms with Crippen molar-refractivity contribution in [2.45, 2.75) is 45.2 Å². The van der Waals surface area contributed by atoms with E-state index < -0.39 is 0 Å². The molecule has 1 aliphatic heterocycles. The molecule has 1 amide bonds. The van der Waals surface area contributed by atoms with Crippen LogP contribution in [0.2, 0.25) is 0 Å². The summed E-state index contributed by atoms with van der Waals surface area (Å²) in [7, 11) is 0. The Balaban J connectivity index is 1.56. The molecule has 1 aliphatic carbocycles. The quantitative estimate of drug-likeness (QED) is 0.927. The van der Waals surface area contributed by atoms with Crippen molar-refractivity contribution in [3.05, 3.63) is 35.6 Å². The van der Waals surface area contributed by atoms with Crippen molar-refractivity contribution < 1.29 is 9.18 Å². The Bertz CT molecular complexity index is 544. The molecule has 22 heavy (non-hydrogen) atoms. The van der Waals surface area contributed by atoms with Gasteiger partial charge in [-0.25, -0.2) is 4.39 Å². The van der Waals surface area contributed by atoms with E-state index >= 15 is 0 Å². The van der Waals surface area contributed by atoms with Crippen molar-refractivity contribution in [3.63, 3.8) is 0 Å². The molecule has 2 aliphatic rings. The standard InChI is InChI=1S/C18H25FN2O/c1-12-11-21(18(22)14-6-7-14)9-8-17(12)20-13(2)15-4-3-5-16(19)10-15/h3-5,10,12-14,17,20H,6-9,11H2,1-2H3. The van der Waals surface area contributed by atoms with Crippen molar-refractivity contribution in [2.75, 3.05) is 13.1 Å². The SMILES string of the molecule is CC(NC1CCN(C(=O)C2CC2)CC1C)c1cccc(F)c1. The number of likely N-dealkylation sites (tertiary alicyclic amines) is 1. The number of hydrogen-bond acceptors (Lipinski definition) is 2. The van der Waals surface area contributed by atoms with Gasteiger partial charge in [0.15, 0.2) is 0 Å². The fraction of sp³-hybridized carbons (Fsp3) is 0.611. The Morgan fingerprint density at radius 3 is 2.77 bits per heavy atom. The maximum absolute atomic E-state index is 13.3. The van der Waals surface area contributed by atoms with Gasteiger partial charge in [-0.05, 0) is 49.8 Å². The third-order valence-corrected chi connectivity index (χ3v) is 4.96. The Hall–Kier alpha value is -1.42. The lowest BCUT2D eigenvalue weighted by atomic mass is 9.92.